The van der Waals surface area contributed by atoms with Crippen LogP contribution in [0.4, 0.5) is 5.69 Å². The fraction of sp³-hybridized carbons (Fsp3) is 0.0556. The van der Waals surface area contributed by atoms with Crippen molar-refractivity contribution < 1.29 is 9.66 Å². The molecule has 1 heterocycles. The maximum Gasteiger partial charge on any atom is 0.278 e. The molecule has 0 spiro atoms. The predicted molar refractivity (Wildman–Crippen MR) is 90.3 cm³/mol. The van der Waals surface area contributed by atoms with E-state index < -0.39 is 4.92 Å². The number of fused-ring (bicyclic) bond motifs is 1. The van der Waals surface area contributed by atoms with Gasteiger partial charge >= 0.3 is 0 Å². The molecule has 3 aromatic rings. The highest BCUT2D eigenvalue weighted by Crippen LogP contribution is 2.24. The van der Waals surface area contributed by atoms with Crippen molar-refractivity contribution in [1.82, 2.24) is 4.98 Å². The van der Waals surface area contributed by atoms with Gasteiger partial charge in [-0.3, -0.25) is 10.1 Å². The van der Waals surface area contributed by atoms with Gasteiger partial charge < -0.3 is 4.74 Å². The highest BCUT2D eigenvalue weighted by atomic mass is 16.6. The first kappa shape index (κ1) is 14.7. The van der Waals surface area contributed by atoms with Crippen LogP contribution in [0.25, 0.3) is 23.1 Å². The average Bonchev–Trinajstić information content (AvgIpc) is 2.59. The Morgan fingerprint density at radius 2 is 1.83 bits per heavy atom. The van der Waals surface area contributed by atoms with Crippen LogP contribution in [-0.4, -0.2) is 17.0 Å². The Morgan fingerprint density at radius 3 is 2.52 bits per heavy atom. The molecule has 0 radical (unpaired) electrons. The van der Waals surface area contributed by atoms with Crippen LogP contribution in [0, 0.1) is 10.1 Å². The Kier molecular flexibility index (Phi) is 4.01. The molecular formula is C18H14N2O3. The molecule has 5 nitrogen and oxygen atoms in total. The van der Waals surface area contributed by atoms with Crippen LogP contribution in [0.15, 0.2) is 54.6 Å². The minimum Gasteiger partial charge on any atom is -0.497 e. The number of pyridine rings is 1. The largest absolute Gasteiger partial charge is 0.497 e. The Hall–Kier alpha value is -3.21. The molecule has 0 aliphatic carbocycles. The number of nitro benzene ring substituents is 1. The maximum atomic E-state index is 11.0. The predicted octanol–water partition coefficient (Wildman–Crippen LogP) is 4.32. The summed E-state index contributed by atoms with van der Waals surface area (Å²) in [6, 6.07) is 16.1. The molecule has 114 valence electrons. The van der Waals surface area contributed by atoms with Gasteiger partial charge in [-0.15, -0.1) is 0 Å². The van der Waals surface area contributed by atoms with Crippen molar-refractivity contribution in [2.24, 2.45) is 0 Å². The summed E-state index contributed by atoms with van der Waals surface area (Å²) >= 11 is 0. The third kappa shape index (κ3) is 3.18. The van der Waals surface area contributed by atoms with Crippen LogP contribution < -0.4 is 4.74 Å². The quantitative estimate of drug-likeness (QED) is 0.532. The fourth-order valence-corrected chi connectivity index (χ4v) is 2.30. The lowest BCUT2D eigenvalue weighted by Gasteiger charge is -2.01. The molecule has 0 bridgehead atoms. The lowest BCUT2D eigenvalue weighted by molar-refractivity contribution is -0.383. The summed E-state index contributed by atoms with van der Waals surface area (Å²) in [5, 5.41) is 11.6. The third-order valence-corrected chi connectivity index (χ3v) is 3.49. The number of non-ortho nitro benzene ring substituents is 1. The fourth-order valence-electron chi connectivity index (χ4n) is 2.30. The normalized spacial score (nSPS) is 11.0. The molecule has 0 amide bonds. The first-order valence-corrected chi connectivity index (χ1v) is 7.04. The SMILES string of the molecule is COc1ccc(/C=C/c2ccc3c([N+](=O)[O-])cccc3n2)cc1. The summed E-state index contributed by atoms with van der Waals surface area (Å²) in [4.78, 5) is 15.1. The van der Waals surface area contributed by atoms with Crippen LogP contribution in [0.5, 0.6) is 5.75 Å². The van der Waals surface area contributed by atoms with Crippen LogP contribution in [-0.2, 0) is 0 Å². The van der Waals surface area contributed by atoms with Crippen LogP contribution in [0.1, 0.15) is 11.3 Å². The van der Waals surface area contributed by atoms with Gasteiger partial charge in [0.15, 0.2) is 0 Å². The topological polar surface area (TPSA) is 65.3 Å². The number of rotatable bonds is 4. The van der Waals surface area contributed by atoms with Gasteiger partial charge in [-0.05, 0) is 42.0 Å². The van der Waals surface area contributed by atoms with Crippen LogP contribution >= 0.6 is 0 Å². The number of nitrogens with zero attached hydrogens (tertiary/aromatic N) is 2. The second-order valence-corrected chi connectivity index (χ2v) is 4.94. The van der Waals surface area contributed by atoms with Crippen molar-refractivity contribution in [2.45, 2.75) is 0 Å². The molecular weight excluding hydrogens is 292 g/mol. The van der Waals surface area contributed by atoms with E-state index in [2.05, 4.69) is 4.98 Å². The lowest BCUT2D eigenvalue weighted by Crippen LogP contribution is -1.91. The van der Waals surface area contributed by atoms with Crippen LogP contribution in [0.2, 0.25) is 0 Å². The number of benzene rings is 2. The van der Waals surface area contributed by atoms with E-state index in [1.54, 1.807) is 31.4 Å². The summed E-state index contributed by atoms with van der Waals surface area (Å²) < 4.78 is 5.12. The van der Waals surface area contributed by atoms with Gasteiger partial charge in [0.05, 0.1) is 28.6 Å². The van der Waals surface area contributed by atoms with E-state index in [9.17, 15) is 10.1 Å². The van der Waals surface area contributed by atoms with Crippen molar-refractivity contribution in [2.75, 3.05) is 7.11 Å². The summed E-state index contributed by atoms with van der Waals surface area (Å²) in [7, 11) is 1.63. The summed E-state index contributed by atoms with van der Waals surface area (Å²) in [6.45, 7) is 0. The van der Waals surface area contributed by atoms with E-state index in [1.807, 2.05) is 36.4 Å². The number of ether oxygens (including phenoxy) is 1. The number of methoxy groups -OCH3 is 1. The minimum atomic E-state index is -0.392. The average molecular weight is 306 g/mol. The van der Waals surface area contributed by atoms with Gasteiger partial charge in [-0.2, -0.15) is 0 Å². The molecule has 0 fully saturated rings. The molecule has 5 heteroatoms. The molecule has 0 saturated carbocycles. The number of nitro groups is 1. The highest BCUT2D eigenvalue weighted by molar-refractivity contribution is 5.88. The van der Waals surface area contributed by atoms with E-state index in [0.717, 1.165) is 17.0 Å². The second-order valence-electron chi connectivity index (χ2n) is 4.94. The Morgan fingerprint density at radius 1 is 1.04 bits per heavy atom. The van der Waals surface area contributed by atoms with Gasteiger partial charge in [-0.1, -0.05) is 24.3 Å². The summed E-state index contributed by atoms with van der Waals surface area (Å²) in [5.41, 5.74) is 2.44. The number of hydrogen-bond acceptors (Lipinski definition) is 4. The smallest absolute Gasteiger partial charge is 0.278 e. The molecule has 0 atom stereocenters. The second kappa shape index (κ2) is 6.27. The first-order valence-electron chi connectivity index (χ1n) is 7.04. The van der Waals surface area contributed by atoms with Crippen molar-refractivity contribution in [3.63, 3.8) is 0 Å². The van der Waals surface area contributed by atoms with Gasteiger partial charge in [-0.25, -0.2) is 4.98 Å². The van der Waals surface area contributed by atoms with E-state index in [-0.39, 0.29) is 5.69 Å². The standard InChI is InChI=1S/C18H14N2O3/c1-23-15-10-6-13(7-11-15)5-8-14-9-12-16-17(19-14)3-2-4-18(16)20(21)22/h2-12H,1H3/b8-5+. The Labute approximate surface area is 133 Å². The van der Waals surface area contributed by atoms with Crippen molar-refractivity contribution in [3.05, 3.63) is 76.0 Å². The zero-order valence-electron chi connectivity index (χ0n) is 12.5. The van der Waals surface area contributed by atoms with Gasteiger partial charge in [0.1, 0.15) is 5.75 Å². The first-order chi connectivity index (χ1) is 11.2. The molecule has 0 unspecified atom stereocenters. The van der Waals surface area contributed by atoms with Crippen molar-refractivity contribution in [1.29, 1.82) is 0 Å². The van der Waals surface area contributed by atoms with Gasteiger partial charge in [0, 0.05) is 6.07 Å². The summed E-state index contributed by atoms with van der Waals surface area (Å²) in [5.74, 6) is 0.804. The molecule has 0 aliphatic heterocycles. The monoisotopic (exact) mass is 306 g/mol. The minimum absolute atomic E-state index is 0.0701. The molecule has 3 rings (SSSR count). The Bertz CT molecular complexity index is 886. The zero-order valence-corrected chi connectivity index (χ0v) is 12.5. The van der Waals surface area contributed by atoms with Crippen LogP contribution in [0.3, 0.4) is 0 Å². The Balaban J connectivity index is 1.91. The van der Waals surface area contributed by atoms with E-state index >= 15 is 0 Å². The summed E-state index contributed by atoms with van der Waals surface area (Å²) in [6.07, 6.45) is 3.81. The third-order valence-electron chi connectivity index (χ3n) is 3.49. The van der Waals surface area contributed by atoms with Crippen molar-refractivity contribution in [3.8, 4) is 5.75 Å². The lowest BCUT2D eigenvalue weighted by atomic mass is 10.1. The molecule has 0 N–H and O–H groups in total. The molecule has 1 aromatic heterocycles. The number of hydrogen-bond donors (Lipinski definition) is 0. The van der Waals surface area contributed by atoms with E-state index in [4.69, 9.17) is 4.74 Å². The van der Waals surface area contributed by atoms with Crippen molar-refractivity contribution >= 4 is 28.7 Å². The molecule has 2 aromatic carbocycles. The highest BCUT2D eigenvalue weighted by Gasteiger charge is 2.11. The maximum absolute atomic E-state index is 11.0. The zero-order chi connectivity index (χ0) is 16.2. The molecule has 23 heavy (non-hydrogen) atoms. The molecule has 0 saturated heterocycles. The van der Waals surface area contributed by atoms with E-state index in [0.29, 0.717) is 10.9 Å². The number of aromatic nitrogens is 1. The van der Waals surface area contributed by atoms with Gasteiger partial charge in [0.2, 0.25) is 0 Å². The van der Waals surface area contributed by atoms with Gasteiger partial charge in [0.25, 0.3) is 5.69 Å². The van der Waals surface area contributed by atoms with E-state index in [1.165, 1.54) is 6.07 Å². The molecule has 0 aliphatic rings.